The van der Waals surface area contributed by atoms with Gasteiger partial charge in [0.1, 0.15) is 5.75 Å². The van der Waals surface area contributed by atoms with Crippen molar-refractivity contribution in [2.45, 2.75) is 57.1 Å². The zero-order valence-corrected chi connectivity index (χ0v) is 16.3. The first-order chi connectivity index (χ1) is 12.9. The largest absolute Gasteiger partial charge is 0.479 e. The van der Waals surface area contributed by atoms with Crippen LogP contribution < -0.4 is 10.1 Å². The van der Waals surface area contributed by atoms with Crippen LogP contribution in [0.1, 0.15) is 45.4 Å². The normalized spacial score (nSPS) is 32.0. The van der Waals surface area contributed by atoms with Gasteiger partial charge >= 0.3 is 5.97 Å². The standard InChI is InChI=1S/C21H26ClNO4/c1-13(27-18-4-2-17(22)3-5-18)20(25)26-12-19(24)23-21-9-14-6-15(10-21)8-16(7-14)11-21/h2-5,13-16H,6-12H2,1H3,(H,23,24)/t13-,14?,15?,16?,21?/m0/s1. The minimum atomic E-state index is -0.793. The summed E-state index contributed by atoms with van der Waals surface area (Å²) in [7, 11) is 0. The van der Waals surface area contributed by atoms with E-state index in [4.69, 9.17) is 21.1 Å². The third kappa shape index (κ3) is 4.23. The molecule has 1 aromatic rings. The fourth-order valence-electron chi connectivity index (χ4n) is 5.62. The molecule has 1 atom stereocenters. The molecular formula is C21H26ClNO4. The molecule has 0 aliphatic heterocycles. The molecule has 4 aliphatic rings. The molecule has 0 saturated heterocycles. The lowest BCUT2D eigenvalue weighted by molar-refractivity contribution is -0.155. The molecular weight excluding hydrogens is 366 g/mol. The first kappa shape index (κ1) is 18.6. The third-order valence-electron chi connectivity index (χ3n) is 6.25. The number of ether oxygens (including phenoxy) is 2. The van der Waals surface area contributed by atoms with E-state index < -0.39 is 12.1 Å². The fourth-order valence-corrected chi connectivity index (χ4v) is 5.74. The van der Waals surface area contributed by atoms with Crippen molar-refractivity contribution >= 4 is 23.5 Å². The Morgan fingerprint density at radius 1 is 1.11 bits per heavy atom. The van der Waals surface area contributed by atoms with E-state index in [0.717, 1.165) is 37.0 Å². The molecule has 0 heterocycles. The number of amides is 1. The number of rotatable bonds is 6. The molecule has 4 bridgehead atoms. The average Bonchev–Trinajstić information content (AvgIpc) is 2.60. The molecule has 4 saturated carbocycles. The number of nitrogens with one attached hydrogen (secondary N) is 1. The maximum Gasteiger partial charge on any atom is 0.347 e. The molecule has 1 amide bonds. The molecule has 0 spiro atoms. The van der Waals surface area contributed by atoms with Gasteiger partial charge < -0.3 is 14.8 Å². The predicted octanol–water partition coefficient (Wildman–Crippen LogP) is 3.74. The van der Waals surface area contributed by atoms with E-state index in [2.05, 4.69) is 5.32 Å². The van der Waals surface area contributed by atoms with E-state index in [1.54, 1.807) is 31.2 Å². The summed E-state index contributed by atoms with van der Waals surface area (Å²) in [6.45, 7) is 1.35. The highest BCUT2D eigenvalue weighted by molar-refractivity contribution is 6.30. The molecule has 0 unspecified atom stereocenters. The summed E-state index contributed by atoms with van der Waals surface area (Å²) in [6, 6.07) is 6.75. The fraction of sp³-hybridized carbons (Fsp3) is 0.619. The average molecular weight is 392 g/mol. The molecule has 0 aromatic heterocycles. The second-order valence-corrected chi connectivity index (χ2v) is 9.00. The Morgan fingerprint density at radius 3 is 2.22 bits per heavy atom. The molecule has 4 aliphatic carbocycles. The van der Waals surface area contributed by atoms with E-state index in [1.165, 1.54) is 19.3 Å². The van der Waals surface area contributed by atoms with Crippen molar-refractivity contribution in [1.82, 2.24) is 5.32 Å². The quantitative estimate of drug-likeness (QED) is 0.750. The Kier molecular flexibility index (Phi) is 5.06. The van der Waals surface area contributed by atoms with Crippen LogP contribution in [0.4, 0.5) is 0 Å². The first-order valence-electron chi connectivity index (χ1n) is 9.81. The van der Waals surface area contributed by atoms with Crippen molar-refractivity contribution in [1.29, 1.82) is 0 Å². The Balaban J connectivity index is 1.25. The highest BCUT2D eigenvalue weighted by atomic mass is 35.5. The van der Waals surface area contributed by atoms with Crippen molar-refractivity contribution in [3.63, 3.8) is 0 Å². The summed E-state index contributed by atoms with van der Waals surface area (Å²) in [5.41, 5.74) is -0.0658. The van der Waals surface area contributed by atoms with Crippen LogP contribution in [0.15, 0.2) is 24.3 Å². The molecule has 4 fully saturated rings. The molecule has 5 rings (SSSR count). The van der Waals surface area contributed by atoms with Gasteiger partial charge in [0, 0.05) is 10.6 Å². The summed E-state index contributed by atoms with van der Waals surface area (Å²) in [5, 5.41) is 3.80. The van der Waals surface area contributed by atoms with Crippen LogP contribution in [-0.4, -0.2) is 30.1 Å². The van der Waals surface area contributed by atoms with E-state index in [9.17, 15) is 9.59 Å². The monoisotopic (exact) mass is 391 g/mol. The van der Waals surface area contributed by atoms with E-state index in [-0.39, 0.29) is 18.1 Å². The van der Waals surface area contributed by atoms with Crippen molar-refractivity contribution in [3.8, 4) is 5.75 Å². The summed E-state index contributed by atoms with van der Waals surface area (Å²) < 4.78 is 10.7. The lowest BCUT2D eigenvalue weighted by Crippen LogP contribution is -2.60. The van der Waals surface area contributed by atoms with Gasteiger partial charge in [-0.15, -0.1) is 0 Å². The van der Waals surface area contributed by atoms with Gasteiger partial charge in [-0.1, -0.05) is 11.6 Å². The third-order valence-corrected chi connectivity index (χ3v) is 6.50. The topological polar surface area (TPSA) is 64.6 Å². The van der Waals surface area contributed by atoms with Crippen molar-refractivity contribution in [3.05, 3.63) is 29.3 Å². The highest BCUT2D eigenvalue weighted by Crippen LogP contribution is 2.55. The maximum absolute atomic E-state index is 12.4. The van der Waals surface area contributed by atoms with Crippen LogP contribution >= 0.6 is 11.6 Å². The second-order valence-electron chi connectivity index (χ2n) is 8.57. The minimum absolute atomic E-state index is 0.0658. The SMILES string of the molecule is C[C@H](Oc1ccc(Cl)cc1)C(=O)OCC(=O)NC12CC3CC(CC(C3)C1)C2. The van der Waals surface area contributed by atoms with E-state index in [1.807, 2.05) is 0 Å². The van der Waals surface area contributed by atoms with E-state index in [0.29, 0.717) is 10.8 Å². The van der Waals surface area contributed by atoms with Gasteiger partial charge in [0.15, 0.2) is 12.7 Å². The van der Waals surface area contributed by atoms with Gasteiger partial charge in [0.05, 0.1) is 0 Å². The highest BCUT2D eigenvalue weighted by Gasteiger charge is 2.51. The van der Waals surface area contributed by atoms with E-state index >= 15 is 0 Å². The lowest BCUT2D eigenvalue weighted by Gasteiger charge is -2.56. The van der Waals surface area contributed by atoms with Crippen LogP contribution in [0, 0.1) is 17.8 Å². The number of hydrogen-bond acceptors (Lipinski definition) is 4. The zero-order chi connectivity index (χ0) is 19.0. The molecule has 5 nitrogen and oxygen atoms in total. The zero-order valence-electron chi connectivity index (χ0n) is 15.6. The molecule has 0 radical (unpaired) electrons. The molecule has 1 N–H and O–H groups in total. The summed E-state index contributed by atoms with van der Waals surface area (Å²) in [4.78, 5) is 24.5. The van der Waals surface area contributed by atoms with Gasteiger partial charge in [-0.2, -0.15) is 0 Å². The molecule has 27 heavy (non-hydrogen) atoms. The van der Waals surface area contributed by atoms with Crippen molar-refractivity contribution in [2.75, 3.05) is 6.61 Å². The number of carbonyl (C=O) groups is 2. The predicted molar refractivity (Wildman–Crippen MR) is 102 cm³/mol. The Morgan fingerprint density at radius 2 is 1.67 bits per heavy atom. The molecule has 146 valence electrons. The van der Waals surface area contributed by atoms with Gasteiger partial charge in [-0.05, 0) is 87.5 Å². The summed E-state index contributed by atoms with van der Waals surface area (Å²) >= 11 is 5.83. The number of halogens is 1. The first-order valence-corrected chi connectivity index (χ1v) is 10.2. The Labute approximate surface area is 164 Å². The number of benzene rings is 1. The maximum atomic E-state index is 12.4. The second kappa shape index (κ2) is 7.34. The Bertz CT molecular complexity index is 682. The lowest BCUT2D eigenvalue weighted by atomic mass is 9.53. The van der Waals surface area contributed by atoms with Gasteiger partial charge in [-0.25, -0.2) is 4.79 Å². The number of hydrogen-bond donors (Lipinski definition) is 1. The van der Waals surface area contributed by atoms with Crippen LogP contribution in [0.5, 0.6) is 5.75 Å². The smallest absolute Gasteiger partial charge is 0.347 e. The molecule has 6 heteroatoms. The van der Waals surface area contributed by atoms with Crippen LogP contribution in [0.25, 0.3) is 0 Å². The van der Waals surface area contributed by atoms with Crippen LogP contribution in [0.2, 0.25) is 5.02 Å². The van der Waals surface area contributed by atoms with Crippen molar-refractivity contribution < 1.29 is 19.1 Å². The van der Waals surface area contributed by atoms with Crippen LogP contribution in [-0.2, 0) is 14.3 Å². The van der Waals surface area contributed by atoms with Gasteiger partial charge in [0.25, 0.3) is 5.91 Å². The van der Waals surface area contributed by atoms with Gasteiger partial charge in [-0.3, -0.25) is 4.79 Å². The van der Waals surface area contributed by atoms with Crippen molar-refractivity contribution in [2.24, 2.45) is 17.8 Å². The van der Waals surface area contributed by atoms with Crippen LogP contribution in [0.3, 0.4) is 0 Å². The molecule has 1 aromatic carbocycles. The Hall–Kier alpha value is -1.75. The van der Waals surface area contributed by atoms with Gasteiger partial charge in [0.2, 0.25) is 0 Å². The summed E-state index contributed by atoms with van der Waals surface area (Å²) in [5.74, 6) is 2.04. The summed E-state index contributed by atoms with van der Waals surface area (Å²) in [6.07, 6.45) is 6.41. The number of carbonyl (C=O) groups excluding carboxylic acids is 2. The number of esters is 1. The minimum Gasteiger partial charge on any atom is -0.479 e.